The molecule has 0 fully saturated rings. The van der Waals surface area contributed by atoms with Crippen LogP contribution in [0.4, 0.5) is 5.69 Å². The Hall–Kier alpha value is -2.66. The number of hydrogen-bond acceptors (Lipinski definition) is 3. The van der Waals surface area contributed by atoms with Gasteiger partial charge < -0.3 is 4.42 Å². The third kappa shape index (κ3) is 2.21. The highest BCUT2D eigenvalue weighted by Gasteiger charge is 2.16. The van der Waals surface area contributed by atoms with Crippen molar-refractivity contribution in [1.29, 1.82) is 0 Å². The molecule has 0 atom stereocenters. The Bertz CT molecular complexity index is 1070. The predicted octanol–water partition coefficient (Wildman–Crippen LogP) is 5.92. The average molecular weight is 368 g/mol. The molecule has 112 valence electrons. The van der Waals surface area contributed by atoms with Crippen LogP contribution >= 0.6 is 15.9 Å². The fourth-order valence-electron chi connectivity index (χ4n) is 2.81. The summed E-state index contributed by atoms with van der Waals surface area (Å²) in [5.41, 5.74) is 2.92. The van der Waals surface area contributed by atoms with Crippen molar-refractivity contribution in [3.05, 3.63) is 75.3 Å². The fraction of sp³-hybridized carbons (Fsp3) is 0. The van der Waals surface area contributed by atoms with E-state index in [-0.39, 0.29) is 10.6 Å². The van der Waals surface area contributed by atoms with E-state index < -0.39 is 0 Å². The molecule has 4 nitrogen and oxygen atoms in total. The Morgan fingerprint density at radius 1 is 0.957 bits per heavy atom. The molecule has 4 rings (SSSR count). The average Bonchev–Trinajstić information content (AvgIpc) is 2.94. The first-order valence-corrected chi connectivity index (χ1v) is 7.79. The van der Waals surface area contributed by atoms with Gasteiger partial charge in [0.2, 0.25) is 0 Å². The number of hydrogen-bond donors (Lipinski definition) is 0. The summed E-state index contributed by atoms with van der Waals surface area (Å²) >= 11 is 3.49. The SMILES string of the molecule is O=[N+]([O-])c1ccccc1-c1ccc2c(c1)oc1c(Br)cccc12. The monoisotopic (exact) mass is 367 g/mol. The predicted molar refractivity (Wildman–Crippen MR) is 93.5 cm³/mol. The zero-order valence-electron chi connectivity index (χ0n) is 11.8. The summed E-state index contributed by atoms with van der Waals surface area (Å²) in [7, 11) is 0. The lowest BCUT2D eigenvalue weighted by Crippen LogP contribution is -1.91. The number of nitro benzene ring substituents is 1. The lowest BCUT2D eigenvalue weighted by molar-refractivity contribution is -0.384. The van der Waals surface area contributed by atoms with Gasteiger partial charge in [-0.15, -0.1) is 0 Å². The quantitative estimate of drug-likeness (QED) is 0.326. The standard InChI is InChI=1S/C18H10BrNO3/c19-15-6-3-5-14-13-9-8-11(10-17(13)23-18(14)15)12-4-1-2-7-16(12)20(21)22/h1-10H. The van der Waals surface area contributed by atoms with Crippen LogP contribution < -0.4 is 0 Å². The number of fused-ring (bicyclic) bond motifs is 3. The van der Waals surface area contributed by atoms with Crippen LogP contribution in [-0.4, -0.2) is 4.92 Å². The molecule has 3 aromatic carbocycles. The fourth-order valence-corrected chi connectivity index (χ4v) is 3.26. The molecule has 0 saturated heterocycles. The Labute approximate surface area is 139 Å². The first-order valence-electron chi connectivity index (χ1n) is 7.00. The van der Waals surface area contributed by atoms with Crippen molar-refractivity contribution in [2.75, 3.05) is 0 Å². The maximum atomic E-state index is 11.2. The van der Waals surface area contributed by atoms with E-state index in [4.69, 9.17) is 4.42 Å². The molecule has 0 radical (unpaired) electrons. The summed E-state index contributed by atoms with van der Waals surface area (Å²) in [6, 6.07) is 18.3. The zero-order valence-corrected chi connectivity index (χ0v) is 13.4. The molecule has 4 aromatic rings. The summed E-state index contributed by atoms with van der Waals surface area (Å²) in [6.07, 6.45) is 0. The van der Waals surface area contributed by atoms with E-state index in [1.54, 1.807) is 18.2 Å². The molecule has 0 bridgehead atoms. The van der Waals surface area contributed by atoms with Gasteiger partial charge in [-0.1, -0.05) is 30.3 Å². The molecule has 1 aromatic heterocycles. The van der Waals surface area contributed by atoms with Crippen LogP contribution in [-0.2, 0) is 0 Å². The highest BCUT2D eigenvalue weighted by atomic mass is 79.9. The van der Waals surface area contributed by atoms with Crippen LogP contribution in [0.15, 0.2) is 69.6 Å². The minimum absolute atomic E-state index is 0.0872. The molecule has 0 aliphatic heterocycles. The Morgan fingerprint density at radius 3 is 2.61 bits per heavy atom. The van der Waals surface area contributed by atoms with Gasteiger partial charge in [-0.05, 0) is 45.8 Å². The third-order valence-electron chi connectivity index (χ3n) is 3.86. The van der Waals surface area contributed by atoms with Gasteiger partial charge in [-0.3, -0.25) is 10.1 Å². The highest BCUT2D eigenvalue weighted by Crippen LogP contribution is 2.37. The van der Waals surface area contributed by atoms with E-state index >= 15 is 0 Å². The van der Waals surface area contributed by atoms with Gasteiger partial charge in [0.25, 0.3) is 5.69 Å². The summed E-state index contributed by atoms with van der Waals surface area (Å²) in [5.74, 6) is 0. The number of furan rings is 1. The van der Waals surface area contributed by atoms with Crippen LogP contribution in [0.2, 0.25) is 0 Å². The molecule has 0 saturated carbocycles. The second-order valence-corrected chi connectivity index (χ2v) is 6.06. The first kappa shape index (κ1) is 14.0. The van der Waals surface area contributed by atoms with Crippen molar-refractivity contribution in [3.63, 3.8) is 0 Å². The van der Waals surface area contributed by atoms with E-state index in [1.807, 2.05) is 36.4 Å². The molecule has 5 heteroatoms. The number of nitro groups is 1. The van der Waals surface area contributed by atoms with Crippen molar-refractivity contribution < 1.29 is 9.34 Å². The normalized spacial score (nSPS) is 11.2. The largest absolute Gasteiger partial charge is 0.455 e. The number of halogens is 1. The van der Waals surface area contributed by atoms with Crippen LogP contribution in [0.25, 0.3) is 33.1 Å². The van der Waals surface area contributed by atoms with Crippen LogP contribution in [0, 0.1) is 10.1 Å². The van der Waals surface area contributed by atoms with E-state index in [2.05, 4.69) is 15.9 Å². The number of para-hydroxylation sites is 2. The molecule has 0 aliphatic rings. The molecule has 0 spiro atoms. The van der Waals surface area contributed by atoms with Gasteiger partial charge in [-0.25, -0.2) is 0 Å². The Balaban J connectivity index is 1.99. The van der Waals surface area contributed by atoms with E-state index in [0.29, 0.717) is 11.1 Å². The van der Waals surface area contributed by atoms with Crippen molar-refractivity contribution in [1.82, 2.24) is 0 Å². The summed E-state index contributed by atoms with van der Waals surface area (Å²) < 4.78 is 6.82. The third-order valence-corrected chi connectivity index (χ3v) is 4.49. The number of nitrogens with zero attached hydrogens (tertiary/aromatic N) is 1. The second kappa shape index (κ2) is 5.21. The molecule has 0 amide bonds. The summed E-state index contributed by atoms with van der Waals surface area (Å²) in [5, 5.41) is 13.2. The molecule has 0 N–H and O–H groups in total. The topological polar surface area (TPSA) is 56.3 Å². The summed E-state index contributed by atoms with van der Waals surface area (Å²) in [4.78, 5) is 10.9. The van der Waals surface area contributed by atoms with Gasteiger partial charge >= 0.3 is 0 Å². The number of benzene rings is 3. The van der Waals surface area contributed by atoms with Gasteiger partial charge in [-0.2, -0.15) is 0 Å². The molecule has 1 heterocycles. The molecule has 0 unspecified atom stereocenters. The maximum Gasteiger partial charge on any atom is 0.277 e. The smallest absolute Gasteiger partial charge is 0.277 e. The van der Waals surface area contributed by atoms with E-state index in [9.17, 15) is 10.1 Å². The molecular formula is C18H10BrNO3. The lowest BCUT2D eigenvalue weighted by Gasteiger charge is -2.02. The van der Waals surface area contributed by atoms with Crippen LogP contribution in [0.5, 0.6) is 0 Å². The molecular weight excluding hydrogens is 358 g/mol. The summed E-state index contributed by atoms with van der Waals surface area (Å²) in [6.45, 7) is 0. The molecule has 23 heavy (non-hydrogen) atoms. The van der Waals surface area contributed by atoms with Crippen molar-refractivity contribution >= 4 is 43.6 Å². The van der Waals surface area contributed by atoms with Gasteiger partial charge in [0.05, 0.1) is 15.0 Å². The number of rotatable bonds is 2. The molecule has 0 aliphatic carbocycles. The van der Waals surface area contributed by atoms with E-state index in [0.717, 1.165) is 26.4 Å². The second-order valence-electron chi connectivity index (χ2n) is 5.20. The first-order chi connectivity index (χ1) is 11.1. The minimum atomic E-state index is -0.366. The van der Waals surface area contributed by atoms with Gasteiger partial charge in [0.15, 0.2) is 0 Å². The zero-order chi connectivity index (χ0) is 16.0. The van der Waals surface area contributed by atoms with Crippen molar-refractivity contribution in [3.8, 4) is 11.1 Å². The Kier molecular flexibility index (Phi) is 3.16. The van der Waals surface area contributed by atoms with Gasteiger partial charge in [0, 0.05) is 16.8 Å². The lowest BCUT2D eigenvalue weighted by atomic mass is 10.0. The van der Waals surface area contributed by atoms with Crippen molar-refractivity contribution in [2.24, 2.45) is 0 Å². The van der Waals surface area contributed by atoms with Crippen molar-refractivity contribution in [2.45, 2.75) is 0 Å². The Morgan fingerprint density at radius 2 is 1.78 bits per heavy atom. The van der Waals surface area contributed by atoms with Crippen LogP contribution in [0.1, 0.15) is 0 Å². The van der Waals surface area contributed by atoms with E-state index in [1.165, 1.54) is 6.07 Å². The maximum absolute atomic E-state index is 11.2. The van der Waals surface area contributed by atoms with Gasteiger partial charge in [0.1, 0.15) is 11.2 Å². The highest BCUT2D eigenvalue weighted by molar-refractivity contribution is 9.10. The minimum Gasteiger partial charge on any atom is -0.455 e. The van der Waals surface area contributed by atoms with Crippen LogP contribution in [0.3, 0.4) is 0 Å².